The molecule has 4 N–H and O–H groups in total. The standard InChI is InChI=1S/C19H26N4O2S.HI/c1-4-21-18(23-13-19(2,25)16-9-10-26-12-16)22-11-14-5-7-15(8-6-14)17(24)20-3;/h5-10,12,25H,4,11,13H2,1-3H3,(H,20,24)(H2,21,22,23);1H. The van der Waals surface area contributed by atoms with E-state index in [0.717, 1.165) is 17.7 Å². The van der Waals surface area contributed by atoms with Gasteiger partial charge in [-0.2, -0.15) is 11.3 Å². The molecule has 0 bridgehead atoms. The number of nitrogens with one attached hydrogen (secondary N) is 3. The van der Waals surface area contributed by atoms with Crippen LogP contribution in [0, 0.1) is 0 Å². The third-order valence-corrected chi connectivity index (χ3v) is 4.63. The highest BCUT2D eigenvalue weighted by molar-refractivity contribution is 14.0. The minimum atomic E-state index is -0.967. The van der Waals surface area contributed by atoms with Crippen LogP contribution in [0.25, 0.3) is 0 Å². The molecule has 2 aromatic rings. The van der Waals surface area contributed by atoms with Crippen molar-refractivity contribution >= 4 is 47.2 Å². The number of amides is 1. The largest absolute Gasteiger partial charge is 0.384 e. The van der Waals surface area contributed by atoms with Crippen molar-refractivity contribution < 1.29 is 9.90 Å². The first-order chi connectivity index (χ1) is 12.5. The molecule has 6 nitrogen and oxygen atoms in total. The van der Waals surface area contributed by atoms with Crippen LogP contribution in [-0.4, -0.2) is 37.1 Å². The van der Waals surface area contributed by atoms with Crippen LogP contribution in [0.5, 0.6) is 0 Å². The fourth-order valence-electron chi connectivity index (χ4n) is 2.35. The van der Waals surface area contributed by atoms with Gasteiger partial charge in [-0.15, -0.1) is 24.0 Å². The van der Waals surface area contributed by atoms with Crippen LogP contribution in [0.4, 0.5) is 0 Å². The summed E-state index contributed by atoms with van der Waals surface area (Å²) in [6.45, 7) is 5.33. The molecule has 1 atom stereocenters. The van der Waals surface area contributed by atoms with Crippen LogP contribution in [-0.2, 0) is 12.1 Å². The summed E-state index contributed by atoms with van der Waals surface area (Å²) in [5, 5.41) is 23.5. The molecule has 8 heteroatoms. The Kier molecular flexibility index (Phi) is 9.75. The van der Waals surface area contributed by atoms with Gasteiger partial charge in [-0.05, 0) is 53.9 Å². The number of aliphatic imine (C=N–C) groups is 1. The maximum absolute atomic E-state index is 11.6. The van der Waals surface area contributed by atoms with E-state index in [1.807, 2.05) is 35.9 Å². The molecule has 1 unspecified atom stereocenters. The molecule has 0 aliphatic heterocycles. The SMILES string of the molecule is CCNC(=NCc1ccc(C(=O)NC)cc1)NCC(C)(O)c1ccsc1.I. The van der Waals surface area contributed by atoms with E-state index < -0.39 is 5.60 Å². The van der Waals surface area contributed by atoms with Crippen LogP contribution in [0.1, 0.15) is 35.3 Å². The van der Waals surface area contributed by atoms with Gasteiger partial charge in [0, 0.05) is 19.2 Å². The fourth-order valence-corrected chi connectivity index (χ4v) is 3.13. The zero-order chi connectivity index (χ0) is 19.0. The predicted octanol–water partition coefficient (Wildman–Crippen LogP) is 2.69. The number of rotatable bonds is 7. The molecule has 0 radical (unpaired) electrons. The van der Waals surface area contributed by atoms with Crippen molar-refractivity contribution in [1.82, 2.24) is 16.0 Å². The van der Waals surface area contributed by atoms with E-state index in [9.17, 15) is 9.90 Å². The van der Waals surface area contributed by atoms with Gasteiger partial charge in [-0.1, -0.05) is 12.1 Å². The van der Waals surface area contributed by atoms with E-state index in [-0.39, 0.29) is 29.9 Å². The molecular formula is C19H27IN4O2S. The quantitative estimate of drug-likeness (QED) is 0.267. The van der Waals surface area contributed by atoms with Crippen molar-refractivity contribution in [3.05, 3.63) is 57.8 Å². The summed E-state index contributed by atoms with van der Waals surface area (Å²) in [7, 11) is 1.61. The normalized spacial score (nSPS) is 13.3. The summed E-state index contributed by atoms with van der Waals surface area (Å²) in [6.07, 6.45) is 0. The van der Waals surface area contributed by atoms with Crippen LogP contribution >= 0.6 is 35.3 Å². The molecule has 0 saturated carbocycles. The maximum Gasteiger partial charge on any atom is 0.251 e. The van der Waals surface area contributed by atoms with Crippen LogP contribution in [0.15, 0.2) is 46.1 Å². The number of guanidine groups is 1. The van der Waals surface area contributed by atoms with Gasteiger partial charge in [0.05, 0.1) is 13.1 Å². The second-order valence-electron chi connectivity index (χ2n) is 6.11. The van der Waals surface area contributed by atoms with Gasteiger partial charge in [0.1, 0.15) is 5.60 Å². The van der Waals surface area contributed by atoms with Gasteiger partial charge in [0.2, 0.25) is 0 Å². The Morgan fingerprint density at radius 3 is 2.48 bits per heavy atom. The molecule has 2 rings (SSSR count). The van der Waals surface area contributed by atoms with Crippen LogP contribution in [0.2, 0.25) is 0 Å². The van der Waals surface area contributed by atoms with E-state index in [1.54, 1.807) is 37.4 Å². The molecule has 148 valence electrons. The monoisotopic (exact) mass is 502 g/mol. The van der Waals surface area contributed by atoms with Gasteiger partial charge in [-0.25, -0.2) is 4.99 Å². The number of hydrogen-bond donors (Lipinski definition) is 4. The summed E-state index contributed by atoms with van der Waals surface area (Å²) < 4.78 is 0. The van der Waals surface area contributed by atoms with E-state index in [4.69, 9.17) is 0 Å². The first kappa shape index (κ1) is 23.4. The Balaban J connectivity index is 0.00000364. The van der Waals surface area contributed by atoms with E-state index >= 15 is 0 Å². The van der Waals surface area contributed by atoms with Gasteiger partial charge in [0.25, 0.3) is 5.91 Å². The van der Waals surface area contributed by atoms with Gasteiger partial charge < -0.3 is 21.1 Å². The topological polar surface area (TPSA) is 85.8 Å². The van der Waals surface area contributed by atoms with Crippen molar-refractivity contribution in [2.75, 3.05) is 20.1 Å². The Hall–Kier alpha value is -1.65. The summed E-state index contributed by atoms with van der Waals surface area (Å²) in [5.74, 6) is 0.532. The zero-order valence-electron chi connectivity index (χ0n) is 15.8. The third kappa shape index (κ3) is 7.11. The highest BCUT2D eigenvalue weighted by atomic mass is 127. The van der Waals surface area contributed by atoms with Crippen molar-refractivity contribution in [2.24, 2.45) is 4.99 Å². The number of carbonyl (C=O) groups is 1. The number of hydrogen-bond acceptors (Lipinski definition) is 4. The molecule has 1 aromatic heterocycles. The lowest BCUT2D eigenvalue weighted by Crippen LogP contribution is -2.44. The number of carbonyl (C=O) groups excluding carboxylic acids is 1. The lowest BCUT2D eigenvalue weighted by molar-refractivity contribution is 0.0621. The average molecular weight is 502 g/mol. The summed E-state index contributed by atoms with van der Waals surface area (Å²) in [5.41, 5.74) is 1.54. The molecule has 0 fully saturated rings. The molecule has 0 spiro atoms. The van der Waals surface area contributed by atoms with Gasteiger partial charge in [-0.3, -0.25) is 4.79 Å². The molecule has 27 heavy (non-hydrogen) atoms. The van der Waals surface area contributed by atoms with Crippen molar-refractivity contribution in [3.8, 4) is 0 Å². The van der Waals surface area contributed by atoms with Crippen LogP contribution in [0.3, 0.4) is 0 Å². The van der Waals surface area contributed by atoms with Crippen molar-refractivity contribution in [2.45, 2.75) is 26.0 Å². The number of aliphatic hydroxyl groups is 1. The second-order valence-corrected chi connectivity index (χ2v) is 6.89. The Morgan fingerprint density at radius 1 is 1.22 bits per heavy atom. The highest BCUT2D eigenvalue weighted by Crippen LogP contribution is 2.21. The number of thiophene rings is 1. The molecule has 0 aliphatic carbocycles. The van der Waals surface area contributed by atoms with Gasteiger partial charge >= 0.3 is 0 Å². The molecule has 0 saturated heterocycles. The predicted molar refractivity (Wildman–Crippen MR) is 122 cm³/mol. The molecule has 1 amide bonds. The maximum atomic E-state index is 11.6. The summed E-state index contributed by atoms with van der Waals surface area (Å²) in [4.78, 5) is 16.1. The average Bonchev–Trinajstić information content (AvgIpc) is 3.19. The fraction of sp³-hybridized carbons (Fsp3) is 0.368. The Morgan fingerprint density at radius 2 is 1.93 bits per heavy atom. The summed E-state index contributed by atoms with van der Waals surface area (Å²) >= 11 is 1.56. The second kappa shape index (κ2) is 11.3. The molecular weight excluding hydrogens is 475 g/mol. The van der Waals surface area contributed by atoms with Gasteiger partial charge in [0.15, 0.2) is 5.96 Å². The number of halogens is 1. The Bertz CT molecular complexity index is 731. The van der Waals surface area contributed by atoms with Crippen molar-refractivity contribution in [3.63, 3.8) is 0 Å². The highest BCUT2D eigenvalue weighted by Gasteiger charge is 2.23. The summed E-state index contributed by atoms with van der Waals surface area (Å²) in [6, 6.07) is 9.26. The lowest BCUT2D eigenvalue weighted by Gasteiger charge is -2.24. The molecule has 1 heterocycles. The Labute approximate surface area is 181 Å². The molecule has 1 aromatic carbocycles. The minimum absolute atomic E-state index is 0. The van der Waals surface area contributed by atoms with E-state index in [0.29, 0.717) is 24.6 Å². The lowest BCUT2D eigenvalue weighted by atomic mass is 9.99. The van der Waals surface area contributed by atoms with E-state index in [2.05, 4.69) is 20.9 Å². The van der Waals surface area contributed by atoms with E-state index in [1.165, 1.54) is 0 Å². The van der Waals surface area contributed by atoms with Crippen molar-refractivity contribution in [1.29, 1.82) is 0 Å². The molecule has 0 aliphatic rings. The first-order valence-electron chi connectivity index (χ1n) is 8.54. The smallest absolute Gasteiger partial charge is 0.251 e. The van der Waals surface area contributed by atoms with Crippen LogP contribution < -0.4 is 16.0 Å². The zero-order valence-corrected chi connectivity index (χ0v) is 18.9. The third-order valence-electron chi connectivity index (χ3n) is 3.95. The minimum Gasteiger partial charge on any atom is -0.384 e. The number of benzene rings is 1. The number of nitrogens with zero attached hydrogens (tertiary/aromatic N) is 1. The first-order valence-corrected chi connectivity index (χ1v) is 9.49.